The van der Waals surface area contributed by atoms with Crippen molar-refractivity contribution in [3.8, 4) is 0 Å². The molecule has 4 N–H and O–H groups in total. The fraction of sp³-hybridized carbons (Fsp3) is 0.833. The topological polar surface area (TPSA) is 87.5 Å². The molecular weight excluding hydrogens is 232 g/mol. The van der Waals surface area contributed by atoms with Gasteiger partial charge in [-0.05, 0) is 32.2 Å². The molecule has 2 heterocycles. The van der Waals surface area contributed by atoms with Crippen LogP contribution >= 0.6 is 0 Å². The average molecular weight is 254 g/mol. The third-order valence-electron chi connectivity index (χ3n) is 3.82. The minimum absolute atomic E-state index is 0.0287. The van der Waals surface area contributed by atoms with Crippen LogP contribution in [-0.4, -0.2) is 55.0 Å². The summed E-state index contributed by atoms with van der Waals surface area (Å²) in [6.07, 6.45) is 4.57. The number of amides is 2. The molecule has 0 aromatic heterocycles. The Morgan fingerprint density at radius 2 is 2.06 bits per heavy atom. The van der Waals surface area contributed by atoms with Crippen LogP contribution in [0.1, 0.15) is 25.7 Å². The zero-order valence-electron chi connectivity index (χ0n) is 10.7. The van der Waals surface area contributed by atoms with Crippen molar-refractivity contribution in [1.82, 2.24) is 15.5 Å². The summed E-state index contributed by atoms with van der Waals surface area (Å²) < 4.78 is 0. The van der Waals surface area contributed by atoms with E-state index in [0.717, 1.165) is 19.4 Å². The Hall–Kier alpha value is -1.14. The lowest BCUT2D eigenvalue weighted by molar-refractivity contribution is -0.126. The van der Waals surface area contributed by atoms with Crippen LogP contribution in [-0.2, 0) is 9.59 Å². The van der Waals surface area contributed by atoms with Gasteiger partial charge in [0.2, 0.25) is 11.8 Å². The molecule has 0 aromatic carbocycles. The van der Waals surface area contributed by atoms with E-state index >= 15 is 0 Å². The Bertz CT molecular complexity index is 321. The zero-order chi connectivity index (χ0) is 13.0. The molecule has 18 heavy (non-hydrogen) atoms. The smallest absolute Gasteiger partial charge is 0.239 e. The number of rotatable bonds is 4. The van der Waals surface area contributed by atoms with E-state index in [1.807, 2.05) is 0 Å². The van der Waals surface area contributed by atoms with E-state index in [-0.39, 0.29) is 30.9 Å². The second kappa shape index (κ2) is 6.15. The molecule has 2 saturated heterocycles. The van der Waals surface area contributed by atoms with Gasteiger partial charge >= 0.3 is 0 Å². The van der Waals surface area contributed by atoms with Crippen LogP contribution in [0.3, 0.4) is 0 Å². The highest BCUT2D eigenvalue weighted by atomic mass is 16.2. The predicted octanol–water partition coefficient (Wildman–Crippen LogP) is -1.20. The van der Waals surface area contributed by atoms with Crippen molar-refractivity contribution in [1.29, 1.82) is 0 Å². The highest BCUT2D eigenvalue weighted by Crippen LogP contribution is 2.26. The molecule has 2 aliphatic heterocycles. The summed E-state index contributed by atoms with van der Waals surface area (Å²) in [7, 11) is 0. The van der Waals surface area contributed by atoms with E-state index in [4.69, 9.17) is 5.73 Å². The van der Waals surface area contributed by atoms with Gasteiger partial charge in [0.25, 0.3) is 0 Å². The lowest BCUT2D eigenvalue weighted by Crippen LogP contribution is -2.49. The second-order valence-corrected chi connectivity index (χ2v) is 5.10. The van der Waals surface area contributed by atoms with Gasteiger partial charge in [-0.15, -0.1) is 0 Å². The van der Waals surface area contributed by atoms with Crippen molar-refractivity contribution in [3.63, 3.8) is 0 Å². The van der Waals surface area contributed by atoms with Crippen LogP contribution in [0.5, 0.6) is 0 Å². The molecule has 102 valence electrons. The molecule has 6 nitrogen and oxygen atoms in total. The first-order valence-corrected chi connectivity index (χ1v) is 6.69. The molecule has 2 amide bonds. The molecular formula is C12H22N4O2. The van der Waals surface area contributed by atoms with Gasteiger partial charge in [0, 0.05) is 18.6 Å². The number of nitrogens with two attached hydrogens (primary N) is 1. The maximum Gasteiger partial charge on any atom is 0.239 e. The van der Waals surface area contributed by atoms with Crippen molar-refractivity contribution in [3.05, 3.63) is 0 Å². The molecule has 0 aromatic rings. The number of carbonyl (C=O) groups excluding carboxylic acids is 2. The minimum atomic E-state index is -0.296. The van der Waals surface area contributed by atoms with Crippen molar-refractivity contribution in [2.75, 3.05) is 26.2 Å². The summed E-state index contributed by atoms with van der Waals surface area (Å²) in [5, 5.41) is 5.47. The maximum atomic E-state index is 11.6. The molecule has 0 spiro atoms. The van der Waals surface area contributed by atoms with E-state index in [9.17, 15) is 9.59 Å². The van der Waals surface area contributed by atoms with Gasteiger partial charge in [0.1, 0.15) is 0 Å². The number of nitrogens with one attached hydrogen (secondary N) is 2. The Morgan fingerprint density at radius 1 is 1.22 bits per heavy atom. The molecule has 2 atom stereocenters. The normalized spacial score (nSPS) is 27.6. The lowest BCUT2D eigenvalue weighted by atomic mass is 9.97. The van der Waals surface area contributed by atoms with Gasteiger partial charge in [-0.2, -0.15) is 0 Å². The summed E-state index contributed by atoms with van der Waals surface area (Å²) in [6, 6.07) is 0.898. The van der Waals surface area contributed by atoms with Crippen molar-refractivity contribution in [2.24, 2.45) is 5.73 Å². The van der Waals surface area contributed by atoms with Gasteiger partial charge in [-0.1, -0.05) is 0 Å². The molecule has 6 heteroatoms. The van der Waals surface area contributed by atoms with Gasteiger partial charge in [-0.25, -0.2) is 0 Å². The summed E-state index contributed by atoms with van der Waals surface area (Å²) in [5.74, 6) is -0.413. The first-order chi connectivity index (χ1) is 8.69. The average Bonchev–Trinajstić information content (AvgIpc) is 2.83. The molecule has 2 rings (SSSR count). The number of carbonyl (C=O) groups is 2. The number of nitrogens with zero attached hydrogens (tertiary/aromatic N) is 1. The Morgan fingerprint density at radius 3 is 2.83 bits per heavy atom. The second-order valence-electron chi connectivity index (χ2n) is 5.10. The van der Waals surface area contributed by atoms with Crippen molar-refractivity contribution >= 4 is 11.8 Å². The Balaban J connectivity index is 1.69. The van der Waals surface area contributed by atoms with Crippen LogP contribution < -0.4 is 16.4 Å². The molecule has 2 aliphatic rings. The van der Waals surface area contributed by atoms with Crippen LogP contribution in [0.15, 0.2) is 0 Å². The fourth-order valence-corrected chi connectivity index (χ4v) is 2.89. The highest BCUT2D eigenvalue weighted by molar-refractivity contribution is 5.85. The summed E-state index contributed by atoms with van der Waals surface area (Å²) in [4.78, 5) is 25.1. The first kappa shape index (κ1) is 13.3. The number of hydrogen-bond donors (Lipinski definition) is 3. The van der Waals surface area contributed by atoms with Crippen LogP contribution in [0.25, 0.3) is 0 Å². The molecule has 0 saturated carbocycles. The van der Waals surface area contributed by atoms with E-state index in [0.29, 0.717) is 6.04 Å². The number of piperidine rings is 1. The van der Waals surface area contributed by atoms with Gasteiger partial charge in [-0.3, -0.25) is 9.59 Å². The highest BCUT2D eigenvalue weighted by Gasteiger charge is 2.32. The largest absolute Gasteiger partial charge is 0.352 e. The predicted molar refractivity (Wildman–Crippen MR) is 67.8 cm³/mol. The molecule has 2 fully saturated rings. The zero-order valence-corrected chi connectivity index (χ0v) is 10.7. The lowest BCUT2D eigenvalue weighted by Gasteiger charge is -2.35. The van der Waals surface area contributed by atoms with Crippen LogP contribution in [0.4, 0.5) is 0 Å². The Kier molecular flexibility index (Phi) is 4.54. The van der Waals surface area contributed by atoms with Crippen LogP contribution in [0, 0.1) is 0 Å². The van der Waals surface area contributed by atoms with E-state index in [1.165, 1.54) is 19.4 Å². The number of fused-ring (bicyclic) bond motifs is 1. The molecule has 0 bridgehead atoms. The standard InChI is InChI=1S/C12H22N4O2/c13-7-11(17)14-8-12(18)15-9-3-5-16-4-1-2-10(16)6-9/h9-10H,1-8,13H2,(H,14,17)(H,15,18). The van der Waals surface area contributed by atoms with E-state index in [2.05, 4.69) is 15.5 Å². The summed E-state index contributed by atoms with van der Waals surface area (Å²) in [6.45, 7) is 2.23. The first-order valence-electron chi connectivity index (χ1n) is 6.69. The van der Waals surface area contributed by atoms with Crippen molar-refractivity contribution < 1.29 is 9.59 Å². The van der Waals surface area contributed by atoms with Gasteiger partial charge in [0.15, 0.2) is 0 Å². The maximum absolute atomic E-state index is 11.6. The Labute approximate surface area is 107 Å². The summed E-state index contributed by atoms with van der Waals surface area (Å²) in [5.41, 5.74) is 5.15. The van der Waals surface area contributed by atoms with Crippen molar-refractivity contribution in [2.45, 2.75) is 37.8 Å². The van der Waals surface area contributed by atoms with Gasteiger partial charge in [0.05, 0.1) is 13.1 Å². The SMILES string of the molecule is NCC(=O)NCC(=O)NC1CCN2CCCC2C1. The molecule has 0 aliphatic carbocycles. The number of hydrogen-bond acceptors (Lipinski definition) is 4. The quantitative estimate of drug-likeness (QED) is 0.588. The summed E-state index contributed by atoms with van der Waals surface area (Å²) >= 11 is 0. The van der Waals surface area contributed by atoms with E-state index in [1.54, 1.807) is 0 Å². The minimum Gasteiger partial charge on any atom is -0.352 e. The monoisotopic (exact) mass is 254 g/mol. The van der Waals surface area contributed by atoms with E-state index < -0.39 is 0 Å². The third-order valence-corrected chi connectivity index (χ3v) is 3.82. The van der Waals surface area contributed by atoms with Crippen LogP contribution in [0.2, 0.25) is 0 Å². The van der Waals surface area contributed by atoms with Gasteiger partial charge < -0.3 is 21.3 Å². The molecule has 2 unspecified atom stereocenters. The molecule has 0 radical (unpaired) electrons. The fourth-order valence-electron chi connectivity index (χ4n) is 2.89. The third kappa shape index (κ3) is 3.43.